The fourth-order valence-corrected chi connectivity index (χ4v) is 2.68. The Morgan fingerprint density at radius 1 is 1.15 bits per heavy atom. The number of hydrogen-bond acceptors (Lipinski definition) is 2. The second-order valence-corrected chi connectivity index (χ2v) is 5.06. The molecular formula is C17H18N2O. The Labute approximate surface area is 118 Å². The number of aromatic nitrogens is 2. The first-order valence-corrected chi connectivity index (χ1v) is 6.91. The molecule has 3 heteroatoms. The molecular weight excluding hydrogens is 248 g/mol. The van der Waals surface area contributed by atoms with Crippen LogP contribution in [0.25, 0.3) is 10.8 Å². The van der Waals surface area contributed by atoms with Gasteiger partial charge < -0.3 is 9.67 Å². The fourth-order valence-electron chi connectivity index (χ4n) is 2.68. The molecule has 0 atom stereocenters. The molecule has 3 nitrogen and oxygen atoms in total. The summed E-state index contributed by atoms with van der Waals surface area (Å²) in [5.41, 5.74) is 1.97. The van der Waals surface area contributed by atoms with Crippen molar-refractivity contribution in [3.05, 3.63) is 59.7 Å². The van der Waals surface area contributed by atoms with Crippen molar-refractivity contribution >= 4 is 10.8 Å². The molecule has 20 heavy (non-hydrogen) atoms. The van der Waals surface area contributed by atoms with Gasteiger partial charge in [-0.15, -0.1) is 0 Å². The Balaban J connectivity index is 2.12. The summed E-state index contributed by atoms with van der Waals surface area (Å²) in [5, 5.41) is 12.5. The highest BCUT2D eigenvalue weighted by Gasteiger charge is 2.10. The summed E-state index contributed by atoms with van der Waals surface area (Å²) in [6.07, 6.45) is 2.93. The summed E-state index contributed by atoms with van der Waals surface area (Å²) < 4.78 is 2.12. The highest BCUT2D eigenvalue weighted by atomic mass is 16.3. The fraction of sp³-hybridized carbons (Fsp3) is 0.235. The van der Waals surface area contributed by atoms with Gasteiger partial charge in [-0.1, -0.05) is 37.3 Å². The van der Waals surface area contributed by atoms with E-state index in [4.69, 9.17) is 0 Å². The Bertz CT molecular complexity index is 759. The van der Waals surface area contributed by atoms with Crippen LogP contribution in [0.1, 0.15) is 24.0 Å². The molecule has 0 aliphatic heterocycles. The molecule has 102 valence electrons. The predicted octanol–water partition coefficient (Wildman–Crippen LogP) is 3.66. The smallest absolute Gasteiger partial charge is 0.121 e. The number of fused-ring (bicyclic) bond motifs is 1. The molecule has 0 radical (unpaired) electrons. The van der Waals surface area contributed by atoms with Gasteiger partial charge in [-0.25, -0.2) is 4.98 Å². The van der Waals surface area contributed by atoms with Crippen molar-refractivity contribution in [1.29, 1.82) is 0 Å². The average Bonchev–Trinajstić information content (AvgIpc) is 2.82. The topological polar surface area (TPSA) is 38.0 Å². The van der Waals surface area contributed by atoms with Crippen LogP contribution in [-0.2, 0) is 13.0 Å². The Hall–Kier alpha value is -2.29. The average molecular weight is 266 g/mol. The summed E-state index contributed by atoms with van der Waals surface area (Å²) in [6, 6.07) is 11.9. The highest BCUT2D eigenvalue weighted by molar-refractivity contribution is 5.87. The van der Waals surface area contributed by atoms with Gasteiger partial charge in [0, 0.05) is 18.2 Å². The molecule has 2 aromatic carbocycles. The van der Waals surface area contributed by atoms with Crippen LogP contribution in [0, 0.1) is 6.92 Å². The summed E-state index contributed by atoms with van der Waals surface area (Å²) in [4.78, 5) is 4.52. The zero-order valence-corrected chi connectivity index (χ0v) is 11.8. The molecule has 0 saturated carbocycles. The maximum absolute atomic E-state index is 10.2. The molecule has 3 aromatic rings. The minimum atomic E-state index is 0.345. The lowest BCUT2D eigenvalue weighted by atomic mass is 10.0. The molecule has 0 aliphatic rings. The van der Waals surface area contributed by atoms with Crippen LogP contribution in [0.2, 0.25) is 0 Å². The third-order valence-electron chi connectivity index (χ3n) is 3.64. The molecule has 0 aliphatic carbocycles. The lowest BCUT2D eigenvalue weighted by Crippen LogP contribution is -2.04. The maximum atomic E-state index is 10.2. The van der Waals surface area contributed by atoms with Crippen molar-refractivity contribution in [2.45, 2.75) is 26.8 Å². The van der Waals surface area contributed by atoms with E-state index in [0.29, 0.717) is 12.3 Å². The van der Waals surface area contributed by atoms with Crippen molar-refractivity contribution in [1.82, 2.24) is 9.55 Å². The zero-order valence-electron chi connectivity index (χ0n) is 11.8. The van der Waals surface area contributed by atoms with Gasteiger partial charge in [0.05, 0.1) is 12.2 Å². The molecule has 0 amide bonds. The monoisotopic (exact) mass is 266 g/mol. The molecule has 0 saturated heterocycles. The van der Waals surface area contributed by atoms with E-state index in [1.54, 1.807) is 6.07 Å². The summed E-state index contributed by atoms with van der Waals surface area (Å²) >= 11 is 0. The van der Waals surface area contributed by atoms with Crippen molar-refractivity contribution in [2.24, 2.45) is 0 Å². The van der Waals surface area contributed by atoms with E-state index < -0.39 is 0 Å². The van der Waals surface area contributed by atoms with Gasteiger partial charge in [-0.2, -0.15) is 0 Å². The molecule has 0 unspecified atom stereocenters. The Morgan fingerprint density at radius 2 is 1.95 bits per heavy atom. The first kappa shape index (κ1) is 12.7. The summed E-state index contributed by atoms with van der Waals surface area (Å²) in [6.45, 7) is 4.75. The number of phenolic OH excluding ortho intramolecular Hbond substituents is 1. The van der Waals surface area contributed by atoms with E-state index in [2.05, 4.69) is 28.6 Å². The van der Waals surface area contributed by atoms with Crippen LogP contribution >= 0.6 is 0 Å². The second kappa shape index (κ2) is 5.00. The normalized spacial score (nSPS) is 11.1. The number of nitrogens with zero attached hydrogens (tertiary/aromatic N) is 2. The number of hydrogen-bond donors (Lipinski definition) is 1. The lowest BCUT2D eigenvalue weighted by Gasteiger charge is -2.11. The van der Waals surface area contributed by atoms with Gasteiger partial charge in [0.15, 0.2) is 0 Å². The minimum absolute atomic E-state index is 0.345. The van der Waals surface area contributed by atoms with Crippen LogP contribution in [0.5, 0.6) is 5.75 Å². The van der Waals surface area contributed by atoms with Gasteiger partial charge in [0.1, 0.15) is 11.6 Å². The van der Waals surface area contributed by atoms with E-state index in [-0.39, 0.29) is 0 Å². The van der Waals surface area contributed by atoms with Gasteiger partial charge in [0.25, 0.3) is 0 Å². The summed E-state index contributed by atoms with van der Waals surface area (Å²) in [7, 11) is 0. The van der Waals surface area contributed by atoms with Crippen LogP contribution in [0.4, 0.5) is 0 Å². The van der Waals surface area contributed by atoms with Gasteiger partial charge >= 0.3 is 0 Å². The maximum Gasteiger partial charge on any atom is 0.121 e. The number of phenols is 1. The second-order valence-electron chi connectivity index (χ2n) is 5.06. The van der Waals surface area contributed by atoms with Crippen LogP contribution in [0.3, 0.4) is 0 Å². The minimum Gasteiger partial charge on any atom is -0.508 e. The van der Waals surface area contributed by atoms with Gasteiger partial charge in [-0.05, 0) is 23.8 Å². The van der Waals surface area contributed by atoms with E-state index in [9.17, 15) is 5.11 Å². The van der Waals surface area contributed by atoms with Crippen LogP contribution < -0.4 is 0 Å². The molecule has 1 aromatic heterocycles. The Morgan fingerprint density at radius 3 is 2.75 bits per heavy atom. The highest BCUT2D eigenvalue weighted by Crippen LogP contribution is 2.28. The third-order valence-corrected chi connectivity index (χ3v) is 3.64. The first-order chi connectivity index (χ1) is 9.69. The first-order valence-electron chi connectivity index (χ1n) is 6.91. The van der Waals surface area contributed by atoms with Gasteiger partial charge in [-0.3, -0.25) is 0 Å². The SMILES string of the molecule is CCc1nc(C)cn1Cc1c(O)ccc2ccccc12. The number of benzene rings is 2. The van der Waals surface area contributed by atoms with Crippen LogP contribution in [-0.4, -0.2) is 14.7 Å². The largest absolute Gasteiger partial charge is 0.508 e. The third kappa shape index (κ3) is 2.16. The van der Waals surface area contributed by atoms with Crippen molar-refractivity contribution in [3.8, 4) is 5.75 Å². The molecule has 1 heterocycles. The summed E-state index contributed by atoms with van der Waals surface area (Å²) in [5.74, 6) is 1.40. The number of rotatable bonds is 3. The molecule has 0 spiro atoms. The number of aromatic hydroxyl groups is 1. The quantitative estimate of drug-likeness (QED) is 0.785. The van der Waals surface area contributed by atoms with Crippen molar-refractivity contribution < 1.29 is 5.11 Å². The standard InChI is InChI=1S/C17H18N2O/c1-3-17-18-12(2)10-19(17)11-15-14-7-5-4-6-13(14)8-9-16(15)20/h4-10,20H,3,11H2,1-2H3. The molecule has 1 N–H and O–H groups in total. The molecule has 0 bridgehead atoms. The molecule has 3 rings (SSSR count). The van der Waals surface area contributed by atoms with E-state index in [1.165, 1.54) is 0 Å². The molecule has 0 fully saturated rings. The van der Waals surface area contributed by atoms with E-state index in [1.807, 2.05) is 31.3 Å². The lowest BCUT2D eigenvalue weighted by molar-refractivity contribution is 0.466. The zero-order chi connectivity index (χ0) is 14.1. The number of imidazole rings is 1. The van der Waals surface area contributed by atoms with Crippen molar-refractivity contribution in [2.75, 3.05) is 0 Å². The van der Waals surface area contributed by atoms with Crippen molar-refractivity contribution in [3.63, 3.8) is 0 Å². The van der Waals surface area contributed by atoms with E-state index >= 15 is 0 Å². The van der Waals surface area contributed by atoms with Gasteiger partial charge in [0.2, 0.25) is 0 Å². The number of aryl methyl sites for hydroxylation is 2. The predicted molar refractivity (Wildman–Crippen MR) is 81.1 cm³/mol. The van der Waals surface area contributed by atoms with Crippen LogP contribution in [0.15, 0.2) is 42.6 Å². The Kier molecular flexibility index (Phi) is 3.18. The van der Waals surface area contributed by atoms with E-state index in [0.717, 1.165) is 34.3 Å².